The zero-order chi connectivity index (χ0) is 17.3. The van der Waals surface area contributed by atoms with E-state index in [-0.39, 0.29) is 0 Å². The van der Waals surface area contributed by atoms with Gasteiger partial charge in [-0.3, -0.25) is 0 Å². The molecule has 0 saturated heterocycles. The number of hydrogen-bond donors (Lipinski definition) is 0. The Balaban J connectivity index is 2.04. The van der Waals surface area contributed by atoms with E-state index in [1.54, 1.807) is 11.3 Å². The van der Waals surface area contributed by atoms with Gasteiger partial charge in [-0.1, -0.05) is 0 Å². The number of hydrogen-bond acceptors (Lipinski definition) is 3. The van der Waals surface area contributed by atoms with Crippen LogP contribution in [-0.4, -0.2) is 0 Å². The van der Waals surface area contributed by atoms with Crippen molar-refractivity contribution >= 4 is 32.2 Å². The molecule has 25 heavy (non-hydrogen) atoms. The zero-order valence-electron chi connectivity index (χ0n) is 14.2. The van der Waals surface area contributed by atoms with Crippen molar-refractivity contribution in [3.05, 3.63) is 52.5 Å². The molecule has 4 aromatic rings. The largest absolute Gasteiger partial charge is 0.455 e. The van der Waals surface area contributed by atoms with E-state index in [0.717, 1.165) is 39.1 Å². The predicted octanol–water partition coefficient (Wildman–Crippen LogP) is 5.14. The number of nitriles is 1. The summed E-state index contributed by atoms with van der Waals surface area (Å²) in [6, 6.07) is 10.3. The van der Waals surface area contributed by atoms with Crippen molar-refractivity contribution in [3.8, 4) is 28.8 Å². The minimum absolute atomic E-state index is 0.623. The summed E-state index contributed by atoms with van der Waals surface area (Å²) in [6.45, 7) is 4.29. The van der Waals surface area contributed by atoms with Gasteiger partial charge >= 0.3 is 0 Å². The third-order valence-corrected chi connectivity index (χ3v) is 6.16. The average molecular weight is 343 g/mol. The predicted molar refractivity (Wildman–Crippen MR) is 100 cm³/mol. The first-order valence-electron chi connectivity index (χ1n) is 8.15. The molecular formula is C21H15N2OS+. The maximum atomic E-state index is 9.36. The Morgan fingerprint density at radius 3 is 2.80 bits per heavy atom. The van der Waals surface area contributed by atoms with Crippen molar-refractivity contribution in [1.29, 1.82) is 5.26 Å². The van der Waals surface area contributed by atoms with Gasteiger partial charge in [0, 0.05) is 16.3 Å². The Morgan fingerprint density at radius 2 is 2.00 bits per heavy atom. The summed E-state index contributed by atoms with van der Waals surface area (Å²) < 4.78 is 9.80. The topological polar surface area (TPSA) is 36.9 Å². The maximum absolute atomic E-state index is 9.36. The van der Waals surface area contributed by atoms with Crippen LogP contribution in [0.5, 0.6) is 11.5 Å². The lowest BCUT2D eigenvalue weighted by Crippen LogP contribution is -2.32. The Kier molecular flexibility index (Phi) is 2.78. The average Bonchev–Trinajstić information content (AvgIpc) is 3.11. The summed E-state index contributed by atoms with van der Waals surface area (Å²) >= 11 is 1.75. The third-order valence-electron chi connectivity index (χ3n) is 5.13. The highest BCUT2D eigenvalue weighted by Crippen LogP contribution is 2.51. The second-order valence-electron chi connectivity index (χ2n) is 6.55. The van der Waals surface area contributed by atoms with E-state index in [0.29, 0.717) is 5.56 Å². The summed E-state index contributed by atoms with van der Waals surface area (Å²) in [6.07, 6.45) is 2.06. The van der Waals surface area contributed by atoms with Crippen LogP contribution in [0.1, 0.15) is 16.7 Å². The molecule has 0 unspecified atom stereocenters. The van der Waals surface area contributed by atoms with E-state index >= 15 is 0 Å². The van der Waals surface area contributed by atoms with Gasteiger partial charge in [0.25, 0.3) is 0 Å². The number of aromatic nitrogens is 1. The minimum atomic E-state index is 0.623. The van der Waals surface area contributed by atoms with E-state index in [2.05, 4.69) is 49.2 Å². The van der Waals surface area contributed by atoms with Crippen molar-refractivity contribution in [2.45, 2.75) is 13.8 Å². The van der Waals surface area contributed by atoms with Crippen LogP contribution in [0.15, 0.2) is 35.8 Å². The van der Waals surface area contributed by atoms with Gasteiger partial charge in [-0.25, -0.2) is 4.57 Å². The van der Waals surface area contributed by atoms with E-state index in [4.69, 9.17) is 4.74 Å². The molecule has 4 heteroatoms. The zero-order valence-corrected chi connectivity index (χ0v) is 15.0. The molecule has 0 fully saturated rings. The maximum Gasteiger partial charge on any atom is 0.228 e. The molecule has 3 heterocycles. The van der Waals surface area contributed by atoms with E-state index in [9.17, 15) is 5.26 Å². The lowest BCUT2D eigenvalue weighted by Gasteiger charge is -2.23. The summed E-state index contributed by atoms with van der Waals surface area (Å²) in [5.74, 6) is 1.68. The van der Waals surface area contributed by atoms with Crippen LogP contribution in [0.4, 0.5) is 0 Å². The molecule has 0 saturated carbocycles. The number of pyridine rings is 1. The first kappa shape index (κ1) is 14.4. The number of nitrogens with zero attached hydrogens (tertiary/aromatic N) is 2. The molecule has 0 N–H and O–H groups in total. The first-order valence-corrected chi connectivity index (χ1v) is 9.03. The second-order valence-corrected chi connectivity index (χ2v) is 7.46. The second kappa shape index (κ2) is 4.81. The molecule has 3 nitrogen and oxygen atoms in total. The molecule has 1 aliphatic heterocycles. The standard InChI is InChI=1S/C21H15N2OS/c1-11-15-5-7-25-21(15)12(2)20-17(11)19-18-14(4-6-23(19)3)8-13(10-22)9-16(18)24-20/h4-9H,1-3H3/q+1. The highest BCUT2D eigenvalue weighted by atomic mass is 32.1. The summed E-state index contributed by atoms with van der Waals surface area (Å²) in [5.41, 5.74) is 5.35. The number of benzene rings is 2. The molecule has 0 aliphatic carbocycles. The lowest BCUT2D eigenvalue weighted by molar-refractivity contribution is -0.659. The molecule has 0 radical (unpaired) electrons. The fourth-order valence-electron chi connectivity index (χ4n) is 3.92. The smallest absolute Gasteiger partial charge is 0.228 e. The van der Waals surface area contributed by atoms with Gasteiger partial charge in [0.05, 0.1) is 22.6 Å². The SMILES string of the molecule is Cc1c2c(c(C)c3sccc13)Oc1cc(C#N)cc3cc[n+](C)c-2c13. The van der Waals surface area contributed by atoms with E-state index < -0.39 is 0 Å². The number of rotatable bonds is 0. The van der Waals surface area contributed by atoms with Gasteiger partial charge in [0.15, 0.2) is 6.20 Å². The number of ether oxygens (including phenoxy) is 1. The van der Waals surface area contributed by atoms with Crippen molar-refractivity contribution in [1.82, 2.24) is 0 Å². The van der Waals surface area contributed by atoms with Crippen molar-refractivity contribution in [2.75, 3.05) is 0 Å². The Labute approximate surface area is 149 Å². The summed E-state index contributed by atoms with van der Waals surface area (Å²) in [4.78, 5) is 0. The number of fused-ring (bicyclic) bond motifs is 3. The van der Waals surface area contributed by atoms with Crippen LogP contribution in [0, 0.1) is 25.2 Å². The molecule has 0 spiro atoms. The molecule has 2 aromatic carbocycles. The fraction of sp³-hybridized carbons (Fsp3) is 0.143. The van der Waals surface area contributed by atoms with Gasteiger partial charge in [0.1, 0.15) is 18.5 Å². The van der Waals surface area contributed by atoms with Crippen molar-refractivity contribution in [2.24, 2.45) is 7.05 Å². The Hall–Kier alpha value is -2.90. The molecule has 120 valence electrons. The van der Waals surface area contributed by atoms with E-state index in [1.807, 2.05) is 18.2 Å². The Morgan fingerprint density at radius 1 is 1.16 bits per heavy atom. The van der Waals surface area contributed by atoms with Gasteiger partial charge in [-0.15, -0.1) is 11.3 Å². The van der Waals surface area contributed by atoms with Crippen LogP contribution < -0.4 is 9.30 Å². The molecule has 0 amide bonds. The summed E-state index contributed by atoms with van der Waals surface area (Å²) in [7, 11) is 2.07. The molecule has 0 atom stereocenters. The minimum Gasteiger partial charge on any atom is -0.455 e. The van der Waals surface area contributed by atoms with Gasteiger partial charge in [0.2, 0.25) is 5.69 Å². The van der Waals surface area contributed by atoms with Crippen LogP contribution >= 0.6 is 11.3 Å². The highest BCUT2D eigenvalue weighted by molar-refractivity contribution is 7.17. The summed E-state index contributed by atoms with van der Waals surface area (Å²) in [5, 5.41) is 14.9. The quantitative estimate of drug-likeness (QED) is 0.365. The van der Waals surface area contributed by atoms with Gasteiger partial charge < -0.3 is 4.74 Å². The molecule has 5 rings (SSSR count). The molecule has 1 aliphatic rings. The number of thiophene rings is 1. The van der Waals surface area contributed by atoms with Crippen molar-refractivity contribution in [3.63, 3.8) is 0 Å². The Bertz CT molecular complexity index is 1260. The molecule has 2 aromatic heterocycles. The van der Waals surface area contributed by atoms with Crippen molar-refractivity contribution < 1.29 is 9.30 Å². The molecular weight excluding hydrogens is 328 g/mol. The van der Waals surface area contributed by atoms with Crippen LogP contribution in [-0.2, 0) is 7.05 Å². The lowest BCUT2D eigenvalue weighted by atomic mass is 9.91. The van der Waals surface area contributed by atoms with Crippen LogP contribution in [0.2, 0.25) is 0 Å². The molecule has 0 bridgehead atoms. The number of aryl methyl sites for hydroxylation is 3. The van der Waals surface area contributed by atoms with Gasteiger partial charge in [-0.05, 0) is 53.8 Å². The first-order chi connectivity index (χ1) is 12.1. The fourth-order valence-corrected chi connectivity index (χ4v) is 4.88. The monoisotopic (exact) mass is 343 g/mol. The van der Waals surface area contributed by atoms with Gasteiger partial charge in [-0.2, -0.15) is 5.26 Å². The third kappa shape index (κ3) is 1.76. The van der Waals surface area contributed by atoms with Crippen LogP contribution in [0.3, 0.4) is 0 Å². The van der Waals surface area contributed by atoms with E-state index in [1.165, 1.54) is 15.6 Å². The highest BCUT2D eigenvalue weighted by Gasteiger charge is 2.32. The van der Waals surface area contributed by atoms with Crippen LogP contribution in [0.25, 0.3) is 32.1 Å². The normalized spacial score (nSPS) is 12.1.